The average Bonchev–Trinajstić information content (AvgIpc) is 3.24. The van der Waals surface area contributed by atoms with Crippen molar-refractivity contribution < 1.29 is 29.0 Å². The lowest BCUT2D eigenvalue weighted by atomic mass is 9.97. The number of furan rings is 1. The molecule has 9 nitrogen and oxygen atoms in total. The number of nitrogens with one attached hydrogen (secondary N) is 1. The Morgan fingerprint density at radius 1 is 1.17 bits per heavy atom. The van der Waals surface area contributed by atoms with Crippen LogP contribution in [0.3, 0.4) is 0 Å². The standard InChI is InChI=1S/C25H26ClN3O6/c1-14-11-29(12-14)13-18(24(30)15-2-4-20-21(9-15)34-7-6-33-20)27-25(31)23(28-32)22-10-16-8-17(26)3-5-19(16)35-22/h2-5,8-10,14,18,24,30,32H,6-7,11-13H2,1H3,(H,27,31)/t18-,24-/m1/s1. The molecular formula is C25H26ClN3O6. The van der Waals surface area contributed by atoms with Gasteiger partial charge in [-0.1, -0.05) is 29.7 Å². The highest BCUT2D eigenvalue weighted by Crippen LogP contribution is 2.34. The van der Waals surface area contributed by atoms with Crippen LogP contribution >= 0.6 is 11.6 Å². The van der Waals surface area contributed by atoms with Gasteiger partial charge in [0.05, 0.1) is 6.04 Å². The number of ether oxygens (including phenoxy) is 2. The summed E-state index contributed by atoms with van der Waals surface area (Å²) in [6, 6.07) is 11.1. The number of hydrogen-bond acceptors (Lipinski definition) is 8. The molecule has 3 aromatic rings. The van der Waals surface area contributed by atoms with Gasteiger partial charge in [0.15, 0.2) is 17.3 Å². The zero-order valence-corrected chi connectivity index (χ0v) is 19.9. The van der Waals surface area contributed by atoms with E-state index in [0.717, 1.165) is 13.1 Å². The third-order valence-corrected chi connectivity index (χ3v) is 6.46. The topological polar surface area (TPSA) is 117 Å². The van der Waals surface area contributed by atoms with E-state index in [1.54, 1.807) is 42.5 Å². The monoisotopic (exact) mass is 499 g/mol. The summed E-state index contributed by atoms with van der Waals surface area (Å²) in [5.41, 5.74) is 0.781. The average molecular weight is 500 g/mol. The predicted molar refractivity (Wildman–Crippen MR) is 129 cm³/mol. The van der Waals surface area contributed by atoms with Crippen molar-refractivity contribution in [1.29, 1.82) is 0 Å². The quantitative estimate of drug-likeness (QED) is 0.259. The Bertz CT molecular complexity index is 1270. The van der Waals surface area contributed by atoms with Crippen molar-refractivity contribution in [2.75, 3.05) is 32.8 Å². The maximum Gasteiger partial charge on any atom is 0.277 e. The number of aliphatic hydroxyl groups is 1. The molecule has 5 rings (SSSR count). The van der Waals surface area contributed by atoms with Crippen molar-refractivity contribution in [3.8, 4) is 11.5 Å². The molecule has 3 N–H and O–H groups in total. The first-order valence-corrected chi connectivity index (χ1v) is 11.8. The number of rotatable bonds is 7. The molecule has 1 aromatic heterocycles. The van der Waals surface area contributed by atoms with Gasteiger partial charge in [0, 0.05) is 30.0 Å². The summed E-state index contributed by atoms with van der Waals surface area (Å²) in [6.45, 7) is 5.19. The van der Waals surface area contributed by atoms with E-state index in [2.05, 4.69) is 22.3 Å². The van der Waals surface area contributed by atoms with Crippen molar-refractivity contribution in [3.05, 3.63) is 58.8 Å². The van der Waals surface area contributed by atoms with Crippen LogP contribution in [0.15, 0.2) is 52.0 Å². The number of aliphatic hydroxyl groups excluding tert-OH is 1. The van der Waals surface area contributed by atoms with Crippen molar-refractivity contribution in [3.63, 3.8) is 0 Å². The SMILES string of the molecule is CC1CN(C[C@@H](NC(=O)C(=NO)c2cc3cc(Cl)ccc3o2)[C@H](O)c2ccc3c(c2)OCCO3)C1. The predicted octanol–water partition coefficient (Wildman–Crippen LogP) is 3.21. The Labute approximate surface area is 206 Å². The minimum absolute atomic E-state index is 0.0902. The van der Waals surface area contributed by atoms with Crippen LogP contribution in [0, 0.1) is 5.92 Å². The van der Waals surface area contributed by atoms with E-state index in [1.807, 2.05) is 0 Å². The Hall–Kier alpha value is -3.27. The minimum atomic E-state index is -1.04. The summed E-state index contributed by atoms with van der Waals surface area (Å²) in [4.78, 5) is 15.3. The summed E-state index contributed by atoms with van der Waals surface area (Å²) in [5.74, 6) is 1.13. The summed E-state index contributed by atoms with van der Waals surface area (Å²) in [5, 5.41) is 28.1. The van der Waals surface area contributed by atoms with Crippen molar-refractivity contribution in [2.45, 2.75) is 19.1 Å². The second kappa shape index (κ2) is 9.77. The summed E-state index contributed by atoms with van der Waals surface area (Å²) in [6.07, 6.45) is -1.04. The van der Waals surface area contributed by atoms with E-state index >= 15 is 0 Å². The molecule has 0 spiro atoms. The van der Waals surface area contributed by atoms with Crippen LogP contribution in [0.25, 0.3) is 11.0 Å². The van der Waals surface area contributed by atoms with Crippen LogP contribution in [0.4, 0.5) is 0 Å². The van der Waals surface area contributed by atoms with Gasteiger partial charge >= 0.3 is 0 Å². The zero-order chi connectivity index (χ0) is 24.5. The second-order valence-corrected chi connectivity index (χ2v) is 9.43. The third kappa shape index (κ3) is 4.93. The molecule has 0 bridgehead atoms. The Morgan fingerprint density at radius 2 is 1.94 bits per heavy atom. The van der Waals surface area contributed by atoms with Gasteiger partial charge in [-0.2, -0.15) is 0 Å². The van der Waals surface area contributed by atoms with Gasteiger partial charge in [-0.05, 0) is 47.9 Å². The van der Waals surface area contributed by atoms with Crippen LogP contribution in [0.1, 0.15) is 24.4 Å². The van der Waals surface area contributed by atoms with E-state index in [1.165, 1.54) is 0 Å². The molecule has 1 amide bonds. The van der Waals surface area contributed by atoms with Crippen LogP contribution in [-0.4, -0.2) is 65.7 Å². The smallest absolute Gasteiger partial charge is 0.277 e. The van der Waals surface area contributed by atoms with Crippen LogP contribution in [0.2, 0.25) is 5.02 Å². The molecule has 0 radical (unpaired) electrons. The first-order chi connectivity index (χ1) is 16.9. The van der Waals surface area contributed by atoms with Crippen LogP contribution < -0.4 is 14.8 Å². The van der Waals surface area contributed by atoms with E-state index in [-0.39, 0.29) is 11.5 Å². The number of halogens is 1. The first kappa shape index (κ1) is 23.5. The maximum atomic E-state index is 13.2. The number of nitrogens with zero attached hydrogens (tertiary/aromatic N) is 2. The highest BCUT2D eigenvalue weighted by molar-refractivity contribution is 6.44. The molecule has 2 aromatic carbocycles. The molecular weight excluding hydrogens is 474 g/mol. The Morgan fingerprint density at radius 3 is 2.69 bits per heavy atom. The first-order valence-electron chi connectivity index (χ1n) is 11.4. The van der Waals surface area contributed by atoms with Crippen molar-refractivity contribution in [2.24, 2.45) is 11.1 Å². The molecule has 2 aliphatic heterocycles. The third-order valence-electron chi connectivity index (χ3n) is 6.23. The van der Waals surface area contributed by atoms with E-state index in [9.17, 15) is 15.1 Å². The van der Waals surface area contributed by atoms with Gasteiger partial charge < -0.3 is 34.4 Å². The highest BCUT2D eigenvalue weighted by atomic mass is 35.5. The number of hydrogen-bond donors (Lipinski definition) is 3. The number of fused-ring (bicyclic) bond motifs is 2. The van der Waals surface area contributed by atoms with E-state index in [4.69, 9.17) is 25.5 Å². The van der Waals surface area contributed by atoms with Crippen LogP contribution in [0.5, 0.6) is 11.5 Å². The van der Waals surface area contributed by atoms with Gasteiger partial charge in [0.1, 0.15) is 24.9 Å². The molecule has 1 fully saturated rings. The number of benzene rings is 2. The van der Waals surface area contributed by atoms with Gasteiger partial charge in [-0.25, -0.2) is 0 Å². The zero-order valence-electron chi connectivity index (χ0n) is 19.1. The van der Waals surface area contributed by atoms with Crippen molar-refractivity contribution in [1.82, 2.24) is 10.2 Å². The van der Waals surface area contributed by atoms with Gasteiger partial charge in [0.2, 0.25) is 5.71 Å². The maximum absolute atomic E-state index is 13.2. The molecule has 2 atom stereocenters. The number of oxime groups is 1. The summed E-state index contributed by atoms with van der Waals surface area (Å²) in [7, 11) is 0. The molecule has 0 saturated carbocycles. The fraction of sp³-hybridized carbons (Fsp3) is 0.360. The highest BCUT2D eigenvalue weighted by Gasteiger charge is 2.32. The van der Waals surface area contributed by atoms with Crippen LogP contribution in [-0.2, 0) is 4.79 Å². The molecule has 184 valence electrons. The Balaban J connectivity index is 1.38. The molecule has 0 unspecified atom stereocenters. The fourth-order valence-corrected chi connectivity index (χ4v) is 4.71. The molecule has 35 heavy (non-hydrogen) atoms. The number of likely N-dealkylation sites (tertiary alicyclic amines) is 1. The molecule has 2 aliphatic rings. The summed E-state index contributed by atoms with van der Waals surface area (Å²) < 4.78 is 16.9. The second-order valence-electron chi connectivity index (χ2n) is 8.99. The lowest BCUT2D eigenvalue weighted by molar-refractivity contribution is -0.116. The summed E-state index contributed by atoms with van der Waals surface area (Å²) >= 11 is 6.04. The Kier molecular flexibility index (Phi) is 6.55. The van der Waals surface area contributed by atoms with Gasteiger partial charge in [-0.3, -0.25) is 4.79 Å². The number of amides is 1. The van der Waals surface area contributed by atoms with E-state index < -0.39 is 18.1 Å². The van der Waals surface area contributed by atoms with E-state index in [0.29, 0.717) is 58.7 Å². The van der Waals surface area contributed by atoms with Crippen molar-refractivity contribution >= 4 is 34.2 Å². The van der Waals surface area contributed by atoms with Gasteiger partial charge in [0.25, 0.3) is 5.91 Å². The lowest BCUT2D eigenvalue weighted by Gasteiger charge is -2.40. The molecule has 10 heteroatoms. The number of carbonyl (C=O) groups is 1. The molecule has 0 aliphatic carbocycles. The molecule has 1 saturated heterocycles. The van der Waals surface area contributed by atoms with Gasteiger partial charge in [-0.15, -0.1) is 0 Å². The lowest BCUT2D eigenvalue weighted by Crippen LogP contribution is -2.54. The molecule has 3 heterocycles. The fourth-order valence-electron chi connectivity index (χ4n) is 4.53. The normalized spacial score (nSPS) is 18.2. The number of carbonyl (C=O) groups excluding carboxylic acids is 1. The largest absolute Gasteiger partial charge is 0.486 e. The minimum Gasteiger partial charge on any atom is -0.486 e.